The molecule has 13 heavy (non-hydrogen) atoms. The molecular weight excluding hydrogens is 166 g/mol. The molecule has 1 aliphatic rings. The number of esters is 1. The van der Waals surface area contributed by atoms with Gasteiger partial charge in [-0.25, -0.2) is 4.79 Å². The fraction of sp³-hybridized carbons (Fsp3) is 0.300. The minimum absolute atomic E-state index is 0.0626. The summed E-state index contributed by atoms with van der Waals surface area (Å²) in [5, 5.41) is 0. The highest BCUT2D eigenvalue weighted by Crippen LogP contribution is 2.27. The molecule has 1 aromatic carbocycles. The number of methoxy groups -OCH3 is 1. The van der Waals surface area contributed by atoms with Crippen molar-refractivity contribution in [3.63, 3.8) is 0 Å². The molecule has 0 unspecified atom stereocenters. The standard InChI is InChI=1S/C10H11NO2/c1-13-10(12)9-7-11(9)8-5-3-2-4-6-8/h2-6,9H,7H2,1H3/t9-,11?/m0/s1. The zero-order chi connectivity index (χ0) is 9.26. The van der Waals surface area contributed by atoms with Crippen LogP contribution in [0.4, 0.5) is 5.69 Å². The van der Waals surface area contributed by atoms with Crippen LogP contribution in [0.15, 0.2) is 30.3 Å². The van der Waals surface area contributed by atoms with E-state index in [1.54, 1.807) is 0 Å². The Hall–Kier alpha value is -1.51. The molecule has 1 atom stereocenters. The minimum Gasteiger partial charge on any atom is -0.467 e. The van der Waals surface area contributed by atoms with Crippen LogP contribution in [0, 0.1) is 0 Å². The van der Waals surface area contributed by atoms with Crippen molar-refractivity contribution in [3.05, 3.63) is 30.3 Å². The molecule has 0 amide bonds. The smallest absolute Gasteiger partial charge is 0.330 e. The number of hydrogen-bond acceptors (Lipinski definition) is 3. The second-order valence-corrected chi connectivity index (χ2v) is 3.03. The number of carbonyl (C=O) groups is 1. The summed E-state index contributed by atoms with van der Waals surface area (Å²) in [4.78, 5) is 13.1. The summed E-state index contributed by atoms with van der Waals surface area (Å²) < 4.78 is 4.65. The molecule has 0 radical (unpaired) electrons. The first kappa shape index (κ1) is 8.10. The Morgan fingerprint density at radius 3 is 2.77 bits per heavy atom. The van der Waals surface area contributed by atoms with E-state index in [0.717, 1.165) is 12.2 Å². The molecule has 3 nitrogen and oxygen atoms in total. The molecule has 68 valence electrons. The third-order valence-corrected chi connectivity index (χ3v) is 2.17. The third-order valence-electron chi connectivity index (χ3n) is 2.17. The summed E-state index contributed by atoms with van der Waals surface area (Å²) in [5.74, 6) is -0.149. The first-order valence-corrected chi connectivity index (χ1v) is 4.22. The number of rotatable bonds is 2. The summed E-state index contributed by atoms with van der Waals surface area (Å²) >= 11 is 0. The highest BCUT2D eigenvalue weighted by molar-refractivity contribution is 5.86. The Balaban J connectivity index is 2.04. The zero-order valence-electron chi connectivity index (χ0n) is 7.43. The van der Waals surface area contributed by atoms with Gasteiger partial charge in [0, 0.05) is 5.69 Å². The van der Waals surface area contributed by atoms with Crippen molar-refractivity contribution in [1.82, 2.24) is 0 Å². The van der Waals surface area contributed by atoms with E-state index in [0.29, 0.717) is 0 Å². The van der Waals surface area contributed by atoms with Crippen LogP contribution in [-0.4, -0.2) is 25.7 Å². The quantitative estimate of drug-likeness (QED) is 0.499. The van der Waals surface area contributed by atoms with E-state index in [1.807, 2.05) is 35.2 Å². The molecule has 0 saturated carbocycles. The Bertz CT molecular complexity index is 310. The zero-order valence-corrected chi connectivity index (χ0v) is 7.43. The van der Waals surface area contributed by atoms with Crippen molar-refractivity contribution in [2.45, 2.75) is 6.04 Å². The molecule has 0 N–H and O–H groups in total. The van der Waals surface area contributed by atoms with Gasteiger partial charge in [-0.1, -0.05) is 18.2 Å². The van der Waals surface area contributed by atoms with Gasteiger partial charge in [0.1, 0.15) is 6.04 Å². The van der Waals surface area contributed by atoms with Crippen molar-refractivity contribution in [1.29, 1.82) is 0 Å². The fourth-order valence-corrected chi connectivity index (χ4v) is 1.38. The average molecular weight is 177 g/mol. The monoisotopic (exact) mass is 177 g/mol. The topological polar surface area (TPSA) is 29.3 Å². The van der Waals surface area contributed by atoms with Gasteiger partial charge in [-0.15, -0.1) is 0 Å². The second-order valence-electron chi connectivity index (χ2n) is 3.03. The van der Waals surface area contributed by atoms with E-state index in [4.69, 9.17) is 0 Å². The first-order chi connectivity index (χ1) is 6.33. The maximum absolute atomic E-state index is 11.1. The van der Waals surface area contributed by atoms with Gasteiger partial charge in [0.15, 0.2) is 0 Å². The van der Waals surface area contributed by atoms with Crippen LogP contribution >= 0.6 is 0 Å². The lowest BCUT2D eigenvalue weighted by molar-refractivity contribution is -0.139. The van der Waals surface area contributed by atoms with E-state index in [-0.39, 0.29) is 12.0 Å². The van der Waals surface area contributed by atoms with Gasteiger partial charge in [-0.05, 0) is 12.1 Å². The normalized spacial score (nSPS) is 19.8. The molecule has 0 bridgehead atoms. The van der Waals surface area contributed by atoms with Crippen molar-refractivity contribution in [2.24, 2.45) is 0 Å². The van der Waals surface area contributed by atoms with Crippen LogP contribution in [0.5, 0.6) is 0 Å². The van der Waals surface area contributed by atoms with Gasteiger partial charge < -0.3 is 9.64 Å². The molecule has 0 aromatic heterocycles. The van der Waals surface area contributed by atoms with Crippen LogP contribution in [-0.2, 0) is 9.53 Å². The van der Waals surface area contributed by atoms with Crippen LogP contribution < -0.4 is 4.90 Å². The van der Waals surface area contributed by atoms with Crippen LogP contribution in [0.25, 0.3) is 0 Å². The highest BCUT2D eigenvalue weighted by atomic mass is 16.5. The number of para-hydroxylation sites is 1. The number of anilines is 1. The van der Waals surface area contributed by atoms with E-state index in [2.05, 4.69) is 4.74 Å². The molecule has 1 saturated heterocycles. The van der Waals surface area contributed by atoms with Crippen molar-refractivity contribution >= 4 is 11.7 Å². The van der Waals surface area contributed by atoms with Crippen molar-refractivity contribution in [3.8, 4) is 0 Å². The maximum Gasteiger partial charge on any atom is 0.330 e. The lowest BCUT2D eigenvalue weighted by Crippen LogP contribution is -2.13. The summed E-state index contributed by atoms with van der Waals surface area (Å²) in [6.07, 6.45) is 0. The number of nitrogens with zero attached hydrogens (tertiary/aromatic N) is 1. The Morgan fingerprint density at radius 1 is 1.46 bits per heavy atom. The molecule has 1 aliphatic heterocycles. The molecule has 3 heteroatoms. The SMILES string of the molecule is COC(=O)[C@@H]1CN1c1ccccc1. The van der Waals surface area contributed by atoms with Crippen molar-refractivity contribution < 1.29 is 9.53 Å². The van der Waals surface area contributed by atoms with Crippen LogP contribution in [0.3, 0.4) is 0 Å². The molecule has 1 heterocycles. The largest absolute Gasteiger partial charge is 0.467 e. The highest BCUT2D eigenvalue weighted by Gasteiger charge is 2.41. The summed E-state index contributed by atoms with van der Waals surface area (Å²) in [5.41, 5.74) is 1.08. The summed E-state index contributed by atoms with van der Waals surface area (Å²) in [6.45, 7) is 0.774. The van der Waals surface area contributed by atoms with E-state index in [9.17, 15) is 4.79 Å². The summed E-state index contributed by atoms with van der Waals surface area (Å²) in [6, 6.07) is 9.79. The number of hydrogen-bond donors (Lipinski definition) is 0. The van der Waals surface area contributed by atoms with Gasteiger partial charge in [0.2, 0.25) is 0 Å². The van der Waals surface area contributed by atoms with Gasteiger partial charge in [-0.3, -0.25) is 0 Å². The Morgan fingerprint density at radius 2 is 2.15 bits per heavy atom. The third kappa shape index (κ3) is 1.49. The fourth-order valence-electron chi connectivity index (χ4n) is 1.38. The van der Waals surface area contributed by atoms with Gasteiger partial charge in [-0.2, -0.15) is 0 Å². The number of ether oxygens (including phenoxy) is 1. The predicted octanol–water partition coefficient (Wildman–Crippen LogP) is 1.05. The van der Waals surface area contributed by atoms with Gasteiger partial charge >= 0.3 is 5.97 Å². The molecule has 0 aliphatic carbocycles. The van der Waals surface area contributed by atoms with E-state index in [1.165, 1.54) is 7.11 Å². The lowest BCUT2D eigenvalue weighted by Gasteiger charge is -2.03. The summed E-state index contributed by atoms with van der Waals surface area (Å²) in [7, 11) is 1.42. The Labute approximate surface area is 76.9 Å². The van der Waals surface area contributed by atoms with Gasteiger partial charge in [0.05, 0.1) is 13.7 Å². The maximum atomic E-state index is 11.1. The lowest BCUT2D eigenvalue weighted by atomic mass is 10.3. The van der Waals surface area contributed by atoms with Crippen LogP contribution in [0.1, 0.15) is 0 Å². The number of benzene rings is 1. The van der Waals surface area contributed by atoms with Gasteiger partial charge in [0.25, 0.3) is 0 Å². The second kappa shape index (κ2) is 3.09. The minimum atomic E-state index is -0.149. The van der Waals surface area contributed by atoms with Crippen LogP contribution in [0.2, 0.25) is 0 Å². The molecule has 1 aromatic rings. The van der Waals surface area contributed by atoms with E-state index >= 15 is 0 Å². The van der Waals surface area contributed by atoms with Crippen molar-refractivity contribution in [2.75, 3.05) is 18.6 Å². The molecule has 1 fully saturated rings. The average Bonchev–Trinajstić information content (AvgIpc) is 2.98. The predicted molar refractivity (Wildman–Crippen MR) is 49.6 cm³/mol. The number of carbonyl (C=O) groups excluding carboxylic acids is 1. The molecule has 2 rings (SSSR count). The Kier molecular flexibility index (Phi) is 1.93. The first-order valence-electron chi connectivity index (χ1n) is 4.22. The molecule has 0 spiro atoms. The molecular formula is C10H11NO2. The van der Waals surface area contributed by atoms with E-state index < -0.39 is 0 Å².